The van der Waals surface area contributed by atoms with Crippen LogP contribution in [0.1, 0.15) is 24.5 Å². The molecule has 1 amide bonds. The van der Waals surface area contributed by atoms with E-state index in [9.17, 15) is 4.79 Å². The number of piperidine rings is 1. The maximum atomic E-state index is 12.2. The van der Waals surface area contributed by atoms with Gasteiger partial charge in [-0.05, 0) is 25.5 Å². The molecule has 20 heavy (non-hydrogen) atoms. The van der Waals surface area contributed by atoms with Crippen molar-refractivity contribution in [1.82, 2.24) is 20.0 Å². The standard InChI is InChI=1S/C14H22N4OS/c19-14(17-6-8-20-9-7-17)11-18-5-3-13(16-18)12-2-1-4-15-10-12/h3,5,12,15H,1-2,4,6-11H2. The van der Waals surface area contributed by atoms with E-state index in [0.29, 0.717) is 12.5 Å². The fourth-order valence-electron chi connectivity index (χ4n) is 2.84. The van der Waals surface area contributed by atoms with Crippen LogP contribution in [0.15, 0.2) is 12.3 Å². The molecule has 2 aliphatic heterocycles. The number of rotatable bonds is 3. The quantitative estimate of drug-likeness (QED) is 0.901. The molecule has 0 aromatic carbocycles. The molecule has 2 fully saturated rings. The summed E-state index contributed by atoms with van der Waals surface area (Å²) in [6.45, 7) is 4.26. The summed E-state index contributed by atoms with van der Waals surface area (Å²) >= 11 is 1.92. The second-order valence-electron chi connectivity index (χ2n) is 5.47. The number of nitrogens with one attached hydrogen (secondary N) is 1. The molecule has 1 atom stereocenters. The zero-order valence-corrected chi connectivity index (χ0v) is 12.6. The average molecular weight is 294 g/mol. The van der Waals surface area contributed by atoms with Crippen molar-refractivity contribution in [2.75, 3.05) is 37.7 Å². The number of nitrogens with zero attached hydrogens (tertiary/aromatic N) is 3. The van der Waals surface area contributed by atoms with Gasteiger partial charge in [0.05, 0.1) is 5.69 Å². The fraction of sp³-hybridized carbons (Fsp3) is 0.714. The van der Waals surface area contributed by atoms with E-state index < -0.39 is 0 Å². The third-order valence-electron chi connectivity index (χ3n) is 4.04. The van der Waals surface area contributed by atoms with Crippen LogP contribution in [-0.2, 0) is 11.3 Å². The second kappa shape index (κ2) is 6.63. The molecular weight excluding hydrogens is 272 g/mol. The van der Waals surface area contributed by atoms with Crippen molar-refractivity contribution in [3.8, 4) is 0 Å². The average Bonchev–Trinajstić information content (AvgIpc) is 2.97. The maximum absolute atomic E-state index is 12.2. The third kappa shape index (κ3) is 3.35. The Hall–Kier alpha value is -1.01. The van der Waals surface area contributed by atoms with Crippen LogP contribution in [-0.4, -0.2) is 58.3 Å². The predicted octanol–water partition coefficient (Wildman–Crippen LogP) is 0.926. The second-order valence-corrected chi connectivity index (χ2v) is 6.70. The van der Waals surface area contributed by atoms with Gasteiger partial charge in [-0.2, -0.15) is 16.9 Å². The lowest BCUT2D eigenvalue weighted by molar-refractivity contribution is -0.131. The van der Waals surface area contributed by atoms with Crippen LogP contribution in [0.5, 0.6) is 0 Å². The Kier molecular flexibility index (Phi) is 4.62. The molecule has 0 bridgehead atoms. The number of hydrogen-bond acceptors (Lipinski definition) is 4. The highest BCUT2D eigenvalue weighted by atomic mass is 32.2. The Balaban J connectivity index is 1.57. The topological polar surface area (TPSA) is 50.2 Å². The first kappa shape index (κ1) is 13.9. The van der Waals surface area contributed by atoms with E-state index in [4.69, 9.17) is 0 Å². The van der Waals surface area contributed by atoms with Crippen molar-refractivity contribution >= 4 is 17.7 Å². The third-order valence-corrected chi connectivity index (χ3v) is 4.98. The minimum absolute atomic E-state index is 0.196. The molecule has 6 heteroatoms. The Bertz CT molecular complexity index is 450. The number of thioether (sulfide) groups is 1. The van der Waals surface area contributed by atoms with E-state index in [0.717, 1.165) is 43.4 Å². The SMILES string of the molecule is O=C(Cn1ccc(C2CCCNC2)n1)N1CCSCC1. The molecule has 0 spiro atoms. The fourth-order valence-corrected chi connectivity index (χ4v) is 3.74. The molecule has 2 aliphatic rings. The lowest BCUT2D eigenvalue weighted by atomic mass is 9.97. The zero-order valence-electron chi connectivity index (χ0n) is 11.8. The zero-order chi connectivity index (χ0) is 13.8. The molecule has 1 N–H and O–H groups in total. The van der Waals surface area contributed by atoms with Gasteiger partial charge in [-0.15, -0.1) is 0 Å². The largest absolute Gasteiger partial charge is 0.339 e. The van der Waals surface area contributed by atoms with E-state index in [1.807, 2.05) is 22.9 Å². The molecule has 110 valence electrons. The summed E-state index contributed by atoms with van der Waals surface area (Å²) in [5.41, 5.74) is 1.12. The monoisotopic (exact) mass is 294 g/mol. The van der Waals surface area contributed by atoms with Crippen LogP contribution in [0.25, 0.3) is 0 Å². The molecule has 1 unspecified atom stereocenters. The van der Waals surface area contributed by atoms with E-state index in [2.05, 4.69) is 16.5 Å². The minimum atomic E-state index is 0.196. The molecule has 5 nitrogen and oxygen atoms in total. The molecule has 1 aromatic heterocycles. The molecule has 0 saturated carbocycles. The maximum Gasteiger partial charge on any atom is 0.244 e. The first-order valence-corrected chi connectivity index (χ1v) is 8.58. The van der Waals surface area contributed by atoms with Crippen molar-refractivity contribution in [1.29, 1.82) is 0 Å². The van der Waals surface area contributed by atoms with E-state index in [1.54, 1.807) is 4.68 Å². The molecule has 2 saturated heterocycles. The number of amides is 1. The minimum Gasteiger partial charge on any atom is -0.339 e. The van der Waals surface area contributed by atoms with Gasteiger partial charge >= 0.3 is 0 Å². The van der Waals surface area contributed by atoms with Crippen LogP contribution in [0.3, 0.4) is 0 Å². The van der Waals surface area contributed by atoms with Gasteiger partial charge in [0.2, 0.25) is 5.91 Å². The van der Waals surface area contributed by atoms with E-state index in [-0.39, 0.29) is 5.91 Å². The van der Waals surface area contributed by atoms with Crippen LogP contribution in [0.2, 0.25) is 0 Å². The van der Waals surface area contributed by atoms with Crippen molar-refractivity contribution in [3.63, 3.8) is 0 Å². The number of hydrogen-bond donors (Lipinski definition) is 1. The van der Waals surface area contributed by atoms with E-state index >= 15 is 0 Å². The first-order chi connectivity index (χ1) is 9.83. The van der Waals surface area contributed by atoms with Gasteiger partial charge in [0.1, 0.15) is 6.54 Å². The van der Waals surface area contributed by atoms with E-state index in [1.165, 1.54) is 12.8 Å². The van der Waals surface area contributed by atoms with Crippen LogP contribution in [0, 0.1) is 0 Å². The van der Waals surface area contributed by atoms with Gasteiger partial charge < -0.3 is 10.2 Å². The lowest BCUT2D eigenvalue weighted by Crippen LogP contribution is -2.39. The normalized spacial score (nSPS) is 23.8. The van der Waals surface area contributed by atoms with Gasteiger partial charge in [0, 0.05) is 43.3 Å². The summed E-state index contributed by atoms with van der Waals surface area (Å²) in [5, 5.41) is 8.00. The highest BCUT2D eigenvalue weighted by molar-refractivity contribution is 7.99. The first-order valence-electron chi connectivity index (χ1n) is 7.42. The van der Waals surface area contributed by atoms with Crippen molar-refractivity contribution < 1.29 is 4.79 Å². The Morgan fingerprint density at radius 3 is 3.05 bits per heavy atom. The predicted molar refractivity (Wildman–Crippen MR) is 81.0 cm³/mol. The Morgan fingerprint density at radius 2 is 2.30 bits per heavy atom. The highest BCUT2D eigenvalue weighted by Crippen LogP contribution is 2.21. The van der Waals surface area contributed by atoms with Gasteiger partial charge in [-0.1, -0.05) is 0 Å². The number of carbonyl (C=O) groups is 1. The summed E-state index contributed by atoms with van der Waals surface area (Å²) < 4.78 is 1.80. The number of carbonyl (C=O) groups excluding carboxylic acids is 1. The molecule has 3 heterocycles. The van der Waals surface area contributed by atoms with Crippen molar-refractivity contribution in [3.05, 3.63) is 18.0 Å². The van der Waals surface area contributed by atoms with Gasteiger partial charge in [-0.25, -0.2) is 0 Å². The van der Waals surface area contributed by atoms with Crippen LogP contribution >= 0.6 is 11.8 Å². The molecule has 3 rings (SSSR count). The van der Waals surface area contributed by atoms with Gasteiger partial charge in [-0.3, -0.25) is 9.48 Å². The lowest BCUT2D eigenvalue weighted by Gasteiger charge is -2.26. The van der Waals surface area contributed by atoms with Gasteiger partial charge in [0.15, 0.2) is 0 Å². The van der Waals surface area contributed by atoms with Crippen LogP contribution < -0.4 is 5.32 Å². The van der Waals surface area contributed by atoms with Crippen molar-refractivity contribution in [2.24, 2.45) is 0 Å². The Morgan fingerprint density at radius 1 is 1.45 bits per heavy atom. The summed E-state index contributed by atoms with van der Waals surface area (Å²) in [7, 11) is 0. The van der Waals surface area contributed by atoms with Crippen molar-refractivity contribution in [2.45, 2.75) is 25.3 Å². The van der Waals surface area contributed by atoms with Gasteiger partial charge in [0.25, 0.3) is 0 Å². The Labute approximate surface area is 124 Å². The molecular formula is C14H22N4OS. The summed E-state index contributed by atoms with van der Waals surface area (Å²) in [5.74, 6) is 2.82. The molecule has 0 radical (unpaired) electrons. The summed E-state index contributed by atoms with van der Waals surface area (Å²) in [6, 6.07) is 2.07. The number of aromatic nitrogens is 2. The summed E-state index contributed by atoms with van der Waals surface area (Å²) in [6.07, 6.45) is 4.35. The summed E-state index contributed by atoms with van der Waals surface area (Å²) in [4.78, 5) is 14.2. The highest BCUT2D eigenvalue weighted by Gasteiger charge is 2.20. The smallest absolute Gasteiger partial charge is 0.244 e. The molecule has 1 aromatic rings. The van der Waals surface area contributed by atoms with Crippen LogP contribution in [0.4, 0.5) is 0 Å². The molecule has 0 aliphatic carbocycles.